The number of hydrogen-bond acceptors (Lipinski definition) is 1. The van der Waals surface area contributed by atoms with Crippen LogP contribution in [-0.4, -0.2) is 12.5 Å². The Balaban J connectivity index is 2.77. The van der Waals surface area contributed by atoms with E-state index in [-0.39, 0.29) is 0 Å². The van der Waals surface area contributed by atoms with Crippen LogP contribution in [0.4, 0.5) is 0 Å². The Bertz CT molecular complexity index is 347. The number of alkyl halides is 1. The van der Waals surface area contributed by atoms with Crippen molar-refractivity contribution in [1.82, 2.24) is 0 Å². The van der Waals surface area contributed by atoms with E-state index in [4.69, 9.17) is 16.3 Å². The minimum Gasteiger partial charge on any atom is -0.496 e. The van der Waals surface area contributed by atoms with Crippen molar-refractivity contribution in [3.63, 3.8) is 0 Å². The summed E-state index contributed by atoms with van der Waals surface area (Å²) in [6.45, 7) is 6.34. The van der Waals surface area contributed by atoms with Gasteiger partial charge in [-0.05, 0) is 55.9 Å². The van der Waals surface area contributed by atoms with Gasteiger partial charge in [-0.25, -0.2) is 0 Å². The lowest BCUT2D eigenvalue weighted by Gasteiger charge is -2.12. The van der Waals surface area contributed by atoms with Gasteiger partial charge in [0.2, 0.25) is 0 Å². The predicted octanol–water partition coefficient (Wildman–Crippen LogP) is 4.26. The zero-order valence-electron chi connectivity index (χ0n) is 10.6. The smallest absolute Gasteiger partial charge is 0.122 e. The lowest BCUT2D eigenvalue weighted by molar-refractivity contribution is 0.411. The SMILES string of the molecule is CCC(Cl)CCc1cc(C)c(OC)cc1C. The van der Waals surface area contributed by atoms with E-state index in [0.717, 1.165) is 25.0 Å². The molecule has 0 fully saturated rings. The molecule has 0 saturated heterocycles. The second-order valence-corrected chi connectivity index (χ2v) is 4.91. The zero-order valence-corrected chi connectivity index (χ0v) is 11.4. The van der Waals surface area contributed by atoms with Gasteiger partial charge in [0.25, 0.3) is 0 Å². The Morgan fingerprint density at radius 1 is 1.25 bits per heavy atom. The summed E-state index contributed by atoms with van der Waals surface area (Å²) in [5.41, 5.74) is 3.88. The van der Waals surface area contributed by atoms with Crippen LogP contribution in [0.3, 0.4) is 0 Å². The molecule has 1 nitrogen and oxygen atoms in total. The van der Waals surface area contributed by atoms with E-state index in [1.165, 1.54) is 16.7 Å². The first kappa shape index (κ1) is 13.4. The third-order valence-corrected chi connectivity index (χ3v) is 3.55. The number of rotatable bonds is 5. The van der Waals surface area contributed by atoms with Crippen LogP contribution >= 0.6 is 11.6 Å². The molecule has 0 amide bonds. The molecular weight excluding hydrogens is 220 g/mol. The second-order valence-electron chi connectivity index (χ2n) is 4.29. The van der Waals surface area contributed by atoms with Gasteiger partial charge in [0, 0.05) is 5.38 Å². The van der Waals surface area contributed by atoms with Crippen LogP contribution in [0.15, 0.2) is 12.1 Å². The molecule has 1 aromatic carbocycles. The van der Waals surface area contributed by atoms with Gasteiger partial charge in [0.15, 0.2) is 0 Å². The molecule has 0 spiro atoms. The van der Waals surface area contributed by atoms with Gasteiger partial charge in [-0.2, -0.15) is 0 Å². The third kappa shape index (κ3) is 3.41. The first-order chi connectivity index (χ1) is 7.58. The standard InChI is InChI=1S/C14H21ClO/c1-5-13(15)7-6-12-8-11(3)14(16-4)9-10(12)2/h8-9,13H,5-7H2,1-4H3. The highest BCUT2D eigenvalue weighted by Gasteiger charge is 2.07. The van der Waals surface area contributed by atoms with E-state index >= 15 is 0 Å². The van der Waals surface area contributed by atoms with Gasteiger partial charge in [-0.3, -0.25) is 0 Å². The molecule has 0 bridgehead atoms. The minimum atomic E-state index is 0.293. The van der Waals surface area contributed by atoms with Crippen LogP contribution in [0.25, 0.3) is 0 Å². The van der Waals surface area contributed by atoms with E-state index in [2.05, 4.69) is 32.9 Å². The summed E-state index contributed by atoms with van der Waals surface area (Å²) in [7, 11) is 1.72. The molecule has 0 aromatic heterocycles. The van der Waals surface area contributed by atoms with Crippen molar-refractivity contribution in [2.24, 2.45) is 0 Å². The summed E-state index contributed by atoms with van der Waals surface area (Å²) < 4.78 is 5.30. The second kappa shape index (κ2) is 6.15. The van der Waals surface area contributed by atoms with Crippen LogP contribution < -0.4 is 4.74 Å². The first-order valence-corrected chi connectivity index (χ1v) is 6.30. The Morgan fingerprint density at radius 3 is 2.50 bits per heavy atom. The normalized spacial score (nSPS) is 12.6. The van der Waals surface area contributed by atoms with Crippen molar-refractivity contribution < 1.29 is 4.74 Å². The summed E-state index contributed by atoms with van der Waals surface area (Å²) in [6.07, 6.45) is 3.14. The van der Waals surface area contributed by atoms with E-state index in [0.29, 0.717) is 5.38 Å². The molecule has 0 saturated carbocycles. The molecule has 0 radical (unpaired) electrons. The predicted molar refractivity (Wildman–Crippen MR) is 70.7 cm³/mol. The maximum atomic E-state index is 6.14. The Labute approximate surface area is 104 Å². The van der Waals surface area contributed by atoms with Crippen molar-refractivity contribution in [3.05, 3.63) is 28.8 Å². The number of hydrogen-bond donors (Lipinski definition) is 0. The average molecular weight is 241 g/mol. The monoisotopic (exact) mass is 240 g/mol. The van der Waals surface area contributed by atoms with Gasteiger partial charge in [0.1, 0.15) is 5.75 Å². The fraction of sp³-hybridized carbons (Fsp3) is 0.571. The van der Waals surface area contributed by atoms with Crippen LogP contribution in [0.2, 0.25) is 0 Å². The van der Waals surface area contributed by atoms with Crippen molar-refractivity contribution in [2.45, 2.75) is 45.4 Å². The Kier molecular flexibility index (Phi) is 5.14. The summed E-state index contributed by atoms with van der Waals surface area (Å²) in [5, 5.41) is 0.293. The largest absolute Gasteiger partial charge is 0.496 e. The molecule has 0 N–H and O–H groups in total. The molecule has 0 aliphatic heterocycles. The number of ether oxygens (including phenoxy) is 1. The molecule has 1 aromatic rings. The van der Waals surface area contributed by atoms with E-state index < -0.39 is 0 Å². The van der Waals surface area contributed by atoms with Crippen LogP contribution in [-0.2, 0) is 6.42 Å². The minimum absolute atomic E-state index is 0.293. The maximum absolute atomic E-state index is 6.14. The molecule has 1 unspecified atom stereocenters. The fourth-order valence-electron chi connectivity index (χ4n) is 1.85. The van der Waals surface area contributed by atoms with Crippen LogP contribution in [0.5, 0.6) is 5.75 Å². The highest BCUT2D eigenvalue weighted by atomic mass is 35.5. The molecule has 0 heterocycles. The van der Waals surface area contributed by atoms with Crippen LogP contribution in [0.1, 0.15) is 36.5 Å². The quantitative estimate of drug-likeness (QED) is 0.699. The number of benzene rings is 1. The van der Waals surface area contributed by atoms with E-state index in [1.807, 2.05) is 0 Å². The fourth-order valence-corrected chi connectivity index (χ4v) is 1.96. The maximum Gasteiger partial charge on any atom is 0.122 e. The average Bonchev–Trinajstić information content (AvgIpc) is 2.29. The first-order valence-electron chi connectivity index (χ1n) is 5.86. The molecule has 16 heavy (non-hydrogen) atoms. The summed E-state index contributed by atoms with van der Waals surface area (Å²) >= 11 is 6.14. The summed E-state index contributed by atoms with van der Waals surface area (Å²) in [5.74, 6) is 0.971. The van der Waals surface area contributed by atoms with Crippen molar-refractivity contribution in [1.29, 1.82) is 0 Å². The van der Waals surface area contributed by atoms with E-state index in [9.17, 15) is 0 Å². The van der Waals surface area contributed by atoms with Crippen molar-refractivity contribution in [2.75, 3.05) is 7.11 Å². The van der Waals surface area contributed by atoms with Crippen molar-refractivity contribution in [3.8, 4) is 5.75 Å². The van der Waals surface area contributed by atoms with Crippen molar-refractivity contribution >= 4 is 11.6 Å². The summed E-state index contributed by atoms with van der Waals surface area (Å²) in [6, 6.07) is 4.33. The molecule has 1 rings (SSSR count). The van der Waals surface area contributed by atoms with Gasteiger partial charge in [-0.15, -0.1) is 11.6 Å². The van der Waals surface area contributed by atoms with Gasteiger partial charge >= 0.3 is 0 Å². The van der Waals surface area contributed by atoms with Gasteiger partial charge < -0.3 is 4.74 Å². The van der Waals surface area contributed by atoms with Gasteiger partial charge in [0.05, 0.1) is 7.11 Å². The third-order valence-electron chi connectivity index (χ3n) is 3.02. The van der Waals surface area contributed by atoms with Gasteiger partial charge in [-0.1, -0.05) is 13.0 Å². The molecule has 2 heteroatoms. The molecule has 0 aliphatic rings. The number of aryl methyl sites for hydroxylation is 3. The number of halogens is 1. The highest BCUT2D eigenvalue weighted by Crippen LogP contribution is 2.24. The molecular formula is C14H21ClO. The highest BCUT2D eigenvalue weighted by molar-refractivity contribution is 6.20. The van der Waals surface area contributed by atoms with Crippen LogP contribution in [0, 0.1) is 13.8 Å². The number of methoxy groups -OCH3 is 1. The Hall–Kier alpha value is -0.690. The molecule has 0 aliphatic carbocycles. The Morgan fingerprint density at radius 2 is 1.94 bits per heavy atom. The molecule has 90 valence electrons. The van der Waals surface area contributed by atoms with E-state index in [1.54, 1.807) is 7.11 Å². The lowest BCUT2D eigenvalue weighted by Crippen LogP contribution is -2.01. The lowest BCUT2D eigenvalue weighted by atomic mass is 9.99. The zero-order chi connectivity index (χ0) is 12.1. The summed E-state index contributed by atoms with van der Waals surface area (Å²) in [4.78, 5) is 0. The topological polar surface area (TPSA) is 9.23 Å². The molecule has 1 atom stereocenters.